The topological polar surface area (TPSA) is 56.0 Å². The van der Waals surface area contributed by atoms with E-state index in [0.717, 1.165) is 21.6 Å². The Balaban J connectivity index is 2.93. The molecule has 0 bridgehead atoms. The Morgan fingerprint density at radius 1 is 1.33 bits per heavy atom. The number of nitrogen functional groups attached to an aromatic ring is 1. The molecule has 12 heavy (non-hydrogen) atoms. The highest BCUT2D eigenvalue weighted by Crippen LogP contribution is 2.13. The Hall–Kier alpha value is -1.42. The van der Waals surface area contributed by atoms with Crippen molar-refractivity contribution in [1.29, 1.82) is 0 Å². The first-order valence-electron chi connectivity index (χ1n) is 3.43. The molecule has 0 spiro atoms. The van der Waals surface area contributed by atoms with E-state index in [0.29, 0.717) is 0 Å². The number of anilines is 1. The van der Waals surface area contributed by atoms with E-state index < -0.39 is 0 Å². The van der Waals surface area contributed by atoms with Gasteiger partial charge in [-0.15, -0.1) is 0 Å². The molecule has 2 aromatic rings. The maximum Gasteiger partial charge on any atom is 0.275 e. The second-order valence-corrected chi connectivity index (χ2v) is 3.37. The number of hydrogen-bond donors (Lipinski definition) is 1. The van der Waals surface area contributed by atoms with E-state index in [9.17, 15) is 4.79 Å². The molecule has 0 unspecified atom stereocenters. The van der Waals surface area contributed by atoms with Gasteiger partial charge in [-0.25, -0.2) is 4.98 Å². The standard InChI is InChI=1S/C8H6N2OS/c9-7-8(11)12-6-4-2-1-3-5(6)10-7/h1-4H,(H2,9,10). The molecule has 0 aliphatic rings. The van der Waals surface area contributed by atoms with Crippen molar-refractivity contribution in [3.8, 4) is 0 Å². The van der Waals surface area contributed by atoms with Crippen LogP contribution in [0, 0.1) is 0 Å². The summed E-state index contributed by atoms with van der Waals surface area (Å²) in [6.45, 7) is 0. The van der Waals surface area contributed by atoms with Crippen molar-refractivity contribution in [3.05, 3.63) is 33.8 Å². The van der Waals surface area contributed by atoms with E-state index in [2.05, 4.69) is 4.98 Å². The predicted molar refractivity (Wildman–Crippen MR) is 50.3 cm³/mol. The van der Waals surface area contributed by atoms with Gasteiger partial charge in [0.1, 0.15) is 0 Å². The lowest BCUT2D eigenvalue weighted by molar-refractivity contribution is 1.42. The summed E-state index contributed by atoms with van der Waals surface area (Å²) >= 11 is 1.13. The maximum absolute atomic E-state index is 11.1. The number of rotatable bonds is 0. The van der Waals surface area contributed by atoms with Gasteiger partial charge in [-0.3, -0.25) is 4.79 Å². The number of para-hydroxylation sites is 1. The number of benzene rings is 1. The Morgan fingerprint density at radius 3 is 2.92 bits per heavy atom. The third-order valence-corrected chi connectivity index (χ3v) is 2.48. The molecule has 2 rings (SSSR count). The van der Waals surface area contributed by atoms with Crippen LogP contribution in [0.5, 0.6) is 0 Å². The monoisotopic (exact) mass is 178 g/mol. The summed E-state index contributed by atoms with van der Waals surface area (Å²) in [7, 11) is 0. The van der Waals surface area contributed by atoms with Crippen molar-refractivity contribution in [2.24, 2.45) is 0 Å². The first-order chi connectivity index (χ1) is 5.77. The van der Waals surface area contributed by atoms with Gasteiger partial charge < -0.3 is 5.73 Å². The zero-order chi connectivity index (χ0) is 8.55. The molecule has 0 atom stereocenters. The summed E-state index contributed by atoms with van der Waals surface area (Å²) in [5.41, 5.74) is 6.15. The fraction of sp³-hybridized carbons (Fsp3) is 0. The lowest BCUT2D eigenvalue weighted by atomic mass is 10.3. The van der Waals surface area contributed by atoms with Crippen LogP contribution in [0.3, 0.4) is 0 Å². The smallest absolute Gasteiger partial charge is 0.275 e. The molecule has 3 nitrogen and oxygen atoms in total. The van der Waals surface area contributed by atoms with Gasteiger partial charge in [0.15, 0.2) is 5.82 Å². The van der Waals surface area contributed by atoms with Gasteiger partial charge in [-0.05, 0) is 12.1 Å². The zero-order valence-corrected chi connectivity index (χ0v) is 6.97. The Labute approximate surface area is 72.5 Å². The molecule has 1 aromatic carbocycles. The van der Waals surface area contributed by atoms with E-state index in [1.54, 1.807) is 0 Å². The van der Waals surface area contributed by atoms with Crippen LogP contribution in [0.1, 0.15) is 0 Å². The van der Waals surface area contributed by atoms with E-state index in [1.807, 2.05) is 24.3 Å². The quantitative estimate of drug-likeness (QED) is 0.660. The van der Waals surface area contributed by atoms with Crippen LogP contribution in [0.4, 0.5) is 5.82 Å². The molecule has 0 saturated carbocycles. The molecule has 0 amide bonds. The molecule has 1 aromatic heterocycles. The summed E-state index contributed by atoms with van der Waals surface area (Å²) in [6, 6.07) is 7.43. The number of hydrogen-bond acceptors (Lipinski definition) is 4. The SMILES string of the molecule is Nc1nc2ccccc2sc1=O. The van der Waals surface area contributed by atoms with Gasteiger partial charge in [0, 0.05) is 0 Å². The number of fused-ring (bicyclic) bond motifs is 1. The predicted octanol–water partition coefficient (Wildman–Crippen LogP) is 1.24. The molecular weight excluding hydrogens is 172 g/mol. The first-order valence-corrected chi connectivity index (χ1v) is 4.24. The second kappa shape index (κ2) is 2.57. The average Bonchev–Trinajstić information content (AvgIpc) is 2.07. The van der Waals surface area contributed by atoms with Gasteiger partial charge in [-0.2, -0.15) is 0 Å². The average molecular weight is 178 g/mol. The number of nitrogens with two attached hydrogens (primary N) is 1. The van der Waals surface area contributed by atoms with Crippen LogP contribution in [0.2, 0.25) is 0 Å². The van der Waals surface area contributed by atoms with Crippen molar-refractivity contribution in [3.63, 3.8) is 0 Å². The molecular formula is C8H6N2OS. The van der Waals surface area contributed by atoms with Gasteiger partial charge in [-0.1, -0.05) is 23.5 Å². The van der Waals surface area contributed by atoms with Crippen LogP contribution in [0.25, 0.3) is 10.2 Å². The summed E-state index contributed by atoms with van der Waals surface area (Å²) in [5, 5.41) is 0. The molecule has 0 aliphatic heterocycles. The summed E-state index contributed by atoms with van der Waals surface area (Å²) in [6.07, 6.45) is 0. The Bertz CT molecular complexity index is 478. The van der Waals surface area contributed by atoms with Gasteiger partial charge in [0.25, 0.3) is 4.74 Å². The van der Waals surface area contributed by atoms with E-state index in [-0.39, 0.29) is 10.6 Å². The fourth-order valence-corrected chi connectivity index (χ4v) is 1.68. The lowest BCUT2D eigenvalue weighted by Gasteiger charge is -1.94. The Kier molecular flexibility index (Phi) is 1.55. The van der Waals surface area contributed by atoms with E-state index >= 15 is 0 Å². The molecule has 0 aliphatic carbocycles. The molecule has 0 fully saturated rings. The van der Waals surface area contributed by atoms with Crippen molar-refractivity contribution in [2.75, 3.05) is 5.73 Å². The largest absolute Gasteiger partial charge is 0.380 e. The van der Waals surface area contributed by atoms with Gasteiger partial charge in [0.05, 0.1) is 10.2 Å². The molecule has 60 valence electrons. The molecule has 1 heterocycles. The third kappa shape index (κ3) is 1.06. The third-order valence-electron chi connectivity index (χ3n) is 1.52. The van der Waals surface area contributed by atoms with Crippen LogP contribution in [-0.4, -0.2) is 4.98 Å². The normalized spacial score (nSPS) is 10.3. The summed E-state index contributed by atoms with van der Waals surface area (Å²) in [4.78, 5) is 15.0. The molecule has 2 N–H and O–H groups in total. The molecule has 4 heteroatoms. The van der Waals surface area contributed by atoms with E-state index in [4.69, 9.17) is 5.73 Å². The van der Waals surface area contributed by atoms with Crippen LogP contribution < -0.4 is 10.5 Å². The van der Waals surface area contributed by atoms with Gasteiger partial charge in [0.2, 0.25) is 0 Å². The van der Waals surface area contributed by atoms with Crippen molar-refractivity contribution < 1.29 is 0 Å². The fourth-order valence-electron chi connectivity index (χ4n) is 0.963. The van der Waals surface area contributed by atoms with Crippen molar-refractivity contribution in [1.82, 2.24) is 4.98 Å². The number of aromatic nitrogens is 1. The highest BCUT2D eigenvalue weighted by Gasteiger charge is 1.99. The zero-order valence-electron chi connectivity index (χ0n) is 6.15. The second-order valence-electron chi connectivity index (χ2n) is 2.35. The minimum atomic E-state index is -0.172. The minimum absolute atomic E-state index is 0.0821. The minimum Gasteiger partial charge on any atom is -0.380 e. The molecule has 0 saturated heterocycles. The lowest BCUT2D eigenvalue weighted by Crippen LogP contribution is -2.05. The maximum atomic E-state index is 11.1. The Morgan fingerprint density at radius 2 is 2.08 bits per heavy atom. The highest BCUT2D eigenvalue weighted by molar-refractivity contribution is 7.16. The van der Waals surface area contributed by atoms with Gasteiger partial charge >= 0.3 is 0 Å². The van der Waals surface area contributed by atoms with Crippen LogP contribution >= 0.6 is 11.3 Å². The summed E-state index contributed by atoms with van der Waals surface area (Å²) < 4.78 is 0.699. The van der Waals surface area contributed by atoms with Crippen LogP contribution in [0.15, 0.2) is 29.1 Å². The van der Waals surface area contributed by atoms with E-state index in [1.165, 1.54) is 0 Å². The number of nitrogens with zero attached hydrogens (tertiary/aromatic N) is 1. The first kappa shape index (κ1) is 7.24. The van der Waals surface area contributed by atoms with Crippen molar-refractivity contribution >= 4 is 27.4 Å². The summed E-state index contributed by atoms with van der Waals surface area (Å²) in [5.74, 6) is 0.0821. The van der Waals surface area contributed by atoms with Crippen molar-refractivity contribution in [2.45, 2.75) is 0 Å². The van der Waals surface area contributed by atoms with Crippen LogP contribution in [-0.2, 0) is 0 Å². The molecule has 0 radical (unpaired) electrons. The highest BCUT2D eigenvalue weighted by atomic mass is 32.1.